The van der Waals surface area contributed by atoms with Crippen LogP contribution in [0, 0.1) is 0 Å². The van der Waals surface area contributed by atoms with Crippen LogP contribution in [0.4, 0.5) is 0 Å². The van der Waals surface area contributed by atoms with Crippen LogP contribution in [0.25, 0.3) is 0 Å². The molecule has 0 heterocycles. The Morgan fingerprint density at radius 2 is 1.94 bits per heavy atom. The summed E-state index contributed by atoms with van der Waals surface area (Å²) in [4.78, 5) is 11.7. The van der Waals surface area contributed by atoms with Crippen LogP contribution in [0.3, 0.4) is 0 Å². The zero-order chi connectivity index (χ0) is 12.6. The van der Waals surface area contributed by atoms with Crippen molar-refractivity contribution in [2.75, 3.05) is 6.61 Å². The molecule has 0 bridgehead atoms. The van der Waals surface area contributed by atoms with Crippen LogP contribution in [0.5, 0.6) is 0 Å². The molecule has 0 rings (SSSR count). The number of carbonyl (C=O) groups excluding carboxylic acids is 1. The average molecular weight is 230 g/mol. The zero-order valence-electron chi connectivity index (χ0n) is 10.8. The summed E-state index contributed by atoms with van der Waals surface area (Å²) in [6.07, 6.45) is 3.65. The van der Waals surface area contributed by atoms with Crippen molar-refractivity contribution < 1.29 is 9.90 Å². The third-order valence-corrected chi connectivity index (χ3v) is 3.17. The minimum Gasteiger partial charge on any atom is -0.394 e. The molecule has 0 aromatic rings. The summed E-state index contributed by atoms with van der Waals surface area (Å²) in [6.45, 7) is 5.96. The van der Waals surface area contributed by atoms with Crippen LogP contribution in [0.2, 0.25) is 0 Å². The van der Waals surface area contributed by atoms with E-state index in [9.17, 15) is 9.90 Å². The average Bonchev–Trinajstić information content (AvgIpc) is 2.26. The first-order chi connectivity index (χ1) is 7.53. The van der Waals surface area contributed by atoms with Crippen molar-refractivity contribution in [2.45, 2.75) is 64.5 Å². The summed E-state index contributed by atoms with van der Waals surface area (Å²) in [7, 11) is 0. The number of amides is 1. The van der Waals surface area contributed by atoms with E-state index >= 15 is 0 Å². The number of aliphatic hydroxyl groups excluding tert-OH is 1. The van der Waals surface area contributed by atoms with Crippen molar-refractivity contribution in [1.29, 1.82) is 0 Å². The van der Waals surface area contributed by atoms with E-state index in [1.165, 1.54) is 0 Å². The summed E-state index contributed by atoms with van der Waals surface area (Å²) >= 11 is 0. The highest BCUT2D eigenvalue weighted by Crippen LogP contribution is 2.14. The topological polar surface area (TPSA) is 75.4 Å². The van der Waals surface area contributed by atoms with Crippen LogP contribution in [0.15, 0.2) is 0 Å². The second-order valence-corrected chi connectivity index (χ2v) is 4.45. The molecule has 4 heteroatoms. The lowest BCUT2D eigenvalue weighted by Gasteiger charge is -2.31. The van der Waals surface area contributed by atoms with Crippen LogP contribution < -0.4 is 11.1 Å². The number of nitrogens with one attached hydrogen (secondary N) is 1. The van der Waals surface area contributed by atoms with Crippen molar-refractivity contribution in [1.82, 2.24) is 5.32 Å². The van der Waals surface area contributed by atoms with E-state index in [-0.39, 0.29) is 18.6 Å². The van der Waals surface area contributed by atoms with Gasteiger partial charge in [0.15, 0.2) is 0 Å². The largest absolute Gasteiger partial charge is 0.394 e. The van der Waals surface area contributed by atoms with E-state index < -0.39 is 5.54 Å². The molecule has 96 valence electrons. The minimum absolute atomic E-state index is 0.0191. The molecule has 4 N–H and O–H groups in total. The maximum absolute atomic E-state index is 11.7. The molecular weight excluding hydrogens is 204 g/mol. The standard InChI is InChI=1S/C12H26N2O2/c1-4-7-10(13)8-11(16)14-12(5-2,6-3)9-15/h10,15H,4-9,13H2,1-3H3,(H,14,16). The normalized spacial score (nSPS) is 13.6. The lowest BCUT2D eigenvalue weighted by atomic mass is 9.93. The fourth-order valence-corrected chi connectivity index (χ4v) is 1.75. The Hall–Kier alpha value is -0.610. The fraction of sp³-hybridized carbons (Fsp3) is 0.917. The Morgan fingerprint density at radius 1 is 1.38 bits per heavy atom. The van der Waals surface area contributed by atoms with E-state index in [1.807, 2.05) is 20.8 Å². The molecule has 16 heavy (non-hydrogen) atoms. The molecular formula is C12H26N2O2. The molecule has 0 spiro atoms. The molecule has 0 saturated heterocycles. The predicted octanol–water partition coefficient (Wildman–Crippen LogP) is 1.17. The first-order valence-electron chi connectivity index (χ1n) is 6.21. The third kappa shape index (κ3) is 4.94. The quantitative estimate of drug-likeness (QED) is 0.586. The zero-order valence-corrected chi connectivity index (χ0v) is 10.8. The summed E-state index contributed by atoms with van der Waals surface area (Å²) in [5, 5.41) is 12.2. The van der Waals surface area contributed by atoms with Crippen molar-refractivity contribution in [3.63, 3.8) is 0 Å². The summed E-state index contributed by atoms with van der Waals surface area (Å²) in [5.74, 6) is -0.0568. The van der Waals surface area contributed by atoms with Crippen LogP contribution >= 0.6 is 0 Å². The van der Waals surface area contributed by atoms with Gasteiger partial charge in [0.05, 0.1) is 12.1 Å². The van der Waals surface area contributed by atoms with Gasteiger partial charge in [0.25, 0.3) is 0 Å². The van der Waals surface area contributed by atoms with Gasteiger partial charge in [0.1, 0.15) is 0 Å². The summed E-state index contributed by atoms with van der Waals surface area (Å²) in [5.41, 5.74) is 5.34. The Labute approximate surface area is 98.6 Å². The summed E-state index contributed by atoms with van der Waals surface area (Å²) < 4.78 is 0. The highest BCUT2D eigenvalue weighted by Gasteiger charge is 2.27. The van der Waals surface area contributed by atoms with Crippen molar-refractivity contribution in [3.8, 4) is 0 Å². The smallest absolute Gasteiger partial charge is 0.222 e. The Bertz CT molecular complexity index is 195. The van der Waals surface area contributed by atoms with Gasteiger partial charge in [-0.15, -0.1) is 0 Å². The highest BCUT2D eigenvalue weighted by molar-refractivity contribution is 5.77. The highest BCUT2D eigenvalue weighted by atomic mass is 16.3. The van der Waals surface area contributed by atoms with E-state index in [2.05, 4.69) is 5.32 Å². The number of nitrogens with two attached hydrogens (primary N) is 1. The van der Waals surface area contributed by atoms with E-state index in [4.69, 9.17) is 5.73 Å². The van der Waals surface area contributed by atoms with Gasteiger partial charge < -0.3 is 16.2 Å². The van der Waals surface area contributed by atoms with Gasteiger partial charge in [-0.2, -0.15) is 0 Å². The molecule has 4 nitrogen and oxygen atoms in total. The van der Waals surface area contributed by atoms with Gasteiger partial charge in [0.2, 0.25) is 5.91 Å². The molecule has 0 radical (unpaired) electrons. The first-order valence-corrected chi connectivity index (χ1v) is 6.21. The third-order valence-electron chi connectivity index (χ3n) is 3.17. The van der Waals surface area contributed by atoms with Gasteiger partial charge in [0, 0.05) is 12.5 Å². The SMILES string of the molecule is CCCC(N)CC(=O)NC(CC)(CC)CO. The maximum Gasteiger partial charge on any atom is 0.222 e. The lowest BCUT2D eigenvalue weighted by Crippen LogP contribution is -2.51. The minimum atomic E-state index is -0.469. The van der Waals surface area contributed by atoms with Gasteiger partial charge in [-0.05, 0) is 19.3 Å². The van der Waals surface area contributed by atoms with Crippen molar-refractivity contribution in [2.24, 2.45) is 5.73 Å². The number of carbonyl (C=O) groups is 1. The molecule has 0 aromatic carbocycles. The van der Waals surface area contributed by atoms with Gasteiger partial charge in [-0.1, -0.05) is 27.2 Å². The van der Waals surface area contributed by atoms with E-state index in [0.717, 1.165) is 25.7 Å². The number of rotatable bonds is 8. The van der Waals surface area contributed by atoms with Crippen LogP contribution in [-0.4, -0.2) is 29.2 Å². The second kappa shape index (κ2) is 7.63. The molecule has 1 unspecified atom stereocenters. The molecule has 1 atom stereocenters. The predicted molar refractivity (Wildman–Crippen MR) is 66.0 cm³/mol. The van der Waals surface area contributed by atoms with Crippen molar-refractivity contribution >= 4 is 5.91 Å². The molecule has 0 aromatic heterocycles. The van der Waals surface area contributed by atoms with E-state index in [1.54, 1.807) is 0 Å². The fourth-order valence-electron chi connectivity index (χ4n) is 1.75. The molecule has 0 aliphatic carbocycles. The molecule has 0 saturated carbocycles. The Balaban J connectivity index is 4.20. The van der Waals surface area contributed by atoms with Gasteiger partial charge in [-0.25, -0.2) is 0 Å². The van der Waals surface area contributed by atoms with Crippen molar-refractivity contribution in [3.05, 3.63) is 0 Å². The van der Waals surface area contributed by atoms with E-state index in [0.29, 0.717) is 6.42 Å². The van der Waals surface area contributed by atoms with Crippen LogP contribution in [-0.2, 0) is 4.79 Å². The number of hydrogen-bond donors (Lipinski definition) is 3. The number of aliphatic hydroxyl groups is 1. The molecule has 0 aliphatic heterocycles. The van der Waals surface area contributed by atoms with Crippen LogP contribution in [0.1, 0.15) is 52.9 Å². The Kier molecular flexibility index (Phi) is 7.34. The maximum atomic E-state index is 11.7. The number of hydrogen-bond acceptors (Lipinski definition) is 3. The molecule has 0 aliphatic rings. The second-order valence-electron chi connectivity index (χ2n) is 4.45. The monoisotopic (exact) mass is 230 g/mol. The molecule has 0 fully saturated rings. The first kappa shape index (κ1) is 15.4. The molecule has 1 amide bonds. The van der Waals surface area contributed by atoms with Gasteiger partial charge >= 0.3 is 0 Å². The lowest BCUT2D eigenvalue weighted by molar-refractivity contribution is -0.124. The van der Waals surface area contributed by atoms with Gasteiger partial charge in [-0.3, -0.25) is 4.79 Å². The Morgan fingerprint density at radius 3 is 2.31 bits per heavy atom. The summed E-state index contributed by atoms with van der Waals surface area (Å²) in [6, 6.07) is -0.0740.